The van der Waals surface area contributed by atoms with E-state index in [1.165, 1.54) is 0 Å². The molecule has 0 unspecified atom stereocenters. The second-order valence-electron chi connectivity index (χ2n) is 15.3. The van der Waals surface area contributed by atoms with Gasteiger partial charge in [-0.1, -0.05) is 112 Å². The molecule has 0 radical (unpaired) electrons. The zero-order valence-electron chi connectivity index (χ0n) is 28.0. The molecule has 2 N–H and O–H groups in total. The third-order valence-electron chi connectivity index (χ3n) is 3.98. The molecule has 0 fully saturated rings. The Kier molecular flexibility index (Phi) is 18.9. The number of hydrogen-bond acceptors (Lipinski definition) is 0. The van der Waals surface area contributed by atoms with Crippen LogP contribution in [0.3, 0.4) is 0 Å². The first-order chi connectivity index (χ1) is 15.6. The second-order valence-corrected chi connectivity index (χ2v) is 34.4. The number of nitrogens with one attached hydrogen (secondary N) is 2. The summed E-state index contributed by atoms with van der Waals surface area (Å²) in [5.41, 5.74) is 0.417. The third-order valence-corrected chi connectivity index (χ3v) is 14.7. The Bertz CT molecular complexity index is 706. The number of hydrogen-bond donors (Lipinski definition) is 0. The number of rotatable bonds is 4. The molecule has 0 aliphatic carbocycles. The number of nitrogens with zero attached hydrogens (tertiary/aromatic N) is 4. The quantitative estimate of drug-likeness (QED) is 0.317. The standard InChI is InChI=1S/2C7H12N2.2C6H18NSi2.Ca/c2*1-7(2,3)9-5-4-8-6-9;2*1-8(2,3)7-9(4,5)6;/h2*4-6H,1-3H3;2*1-6H3;/q;;2*-1;+2/p+2. The van der Waals surface area contributed by atoms with Crippen LogP contribution in [0.2, 0.25) is 78.6 Å². The zero-order chi connectivity index (χ0) is 29.2. The molecule has 0 aliphatic heterocycles. The van der Waals surface area contributed by atoms with Gasteiger partial charge in [0.05, 0.1) is 0 Å². The van der Waals surface area contributed by atoms with Gasteiger partial charge in [0, 0.05) is 0 Å². The summed E-state index contributed by atoms with van der Waals surface area (Å²) in [4.78, 5) is 6.00. The first-order valence-corrected chi connectivity index (χ1v) is 27.0. The second kappa shape index (κ2) is 16.7. The van der Waals surface area contributed by atoms with Gasteiger partial charge in [-0.25, -0.2) is 9.13 Å². The fraction of sp³-hybridized carbons (Fsp3) is 0.769. The molecule has 2 rings (SSSR count). The number of aromatic nitrogens is 4. The summed E-state index contributed by atoms with van der Waals surface area (Å²) in [6, 6.07) is 0. The molecule has 0 saturated heterocycles. The molecule has 6 nitrogen and oxygen atoms in total. The van der Waals surface area contributed by atoms with Gasteiger partial charge in [-0.05, 0) is 41.5 Å². The van der Waals surface area contributed by atoms with Gasteiger partial charge < -0.3 is 9.30 Å². The maximum Gasteiger partial charge on any atom is 2.00 e. The Hall–Kier alpha value is 0.467. The predicted octanol–water partition coefficient (Wildman–Crippen LogP) is 7.79. The van der Waals surface area contributed by atoms with Crippen molar-refractivity contribution in [1.82, 2.24) is 9.13 Å². The Balaban J connectivity index is -0.000000413. The molecular weight excluding hydrogens is 549 g/mol. The summed E-state index contributed by atoms with van der Waals surface area (Å²) in [5.74, 6) is 0. The van der Waals surface area contributed by atoms with E-state index in [4.69, 9.17) is 9.30 Å². The number of H-pyrrole nitrogens is 2. The monoisotopic (exact) mass is 610 g/mol. The topological polar surface area (TPSA) is 66.3 Å². The van der Waals surface area contributed by atoms with Crippen molar-refractivity contribution < 1.29 is 9.97 Å². The molecule has 2 aromatic rings. The van der Waals surface area contributed by atoms with Crippen molar-refractivity contribution in [3.63, 3.8) is 0 Å². The normalized spacial score (nSPS) is 12.6. The van der Waals surface area contributed by atoms with Crippen LogP contribution in [0.15, 0.2) is 37.4 Å². The summed E-state index contributed by atoms with van der Waals surface area (Å²) in [5, 5.41) is 0. The largest absolute Gasteiger partial charge is 2.00 e. The molecule has 0 spiro atoms. The van der Waals surface area contributed by atoms with Crippen LogP contribution >= 0.6 is 0 Å². The molecule has 0 atom stereocenters. The molecule has 212 valence electrons. The molecule has 0 aliphatic rings. The first kappa shape index (κ1) is 41.9. The summed E-state index contributed by atoms with van der Waals surface area (Å²) < 4.78 is 13.9. The first-order valence-electron chi connectivity index (χ1n) is 13.2. The van der Waals surface area contributed by atoms with E-state index in [0.717, 1.165) is 0 Å². The molecule has 11 heteroatoms. The summed E-state index contributed by atoms with van der Waals surface area (Å²) in [6.45, 7) is 40.6. The van der Waals surface area contributed by atoms with E-state index in [-0.39, 0.29) is 48.8 Å². The minimum Gasteiger partial charge on any atom is -0.668 e. The fourth-order valence-electron chi connectivity index (χ4n) is 3.43. The predicted molar refractivity (Wildman–Crippen MR) is 178 cm³/mol. The van der Waals surface area contributed by atoms with Gasteiger partial charge in [-0.2, -0.15) is 0 Å². The van der Waals surface area contributed by atoms with Crippen LogP contribution in [-0.4, -0.2) is 79.8 Å². The Labute approximate surface area is 265 Å². The Morgan fingerprint density at radius 1 is 0.486 bits per heavy atom. The van der Waals surface area contributed by atoms with Gasteiger partial charge in [-0.15, -0.1) is 0 Å². The van der Waals surface area contributed by atoms with Gasteiger partial charge in [0.2, 0.25) is 12.7 Å². The minimum absolute atomic E-state index is 0. The van der Waals surface area contributed by atoms with Crippen molar-refractivity contribution in [2.75, 3.05) is 0 Å². The van der Waals surface area contributed by atoms with Crippen molar-refractivity contribution in [1.29, 1.82) is 0 Å². The van der Waals surface area contributed by atoms with Crippen LogP contribution in [0, 0.1) is 0 Å². The van der Waals surface area contributed by atoms with Crippen molar-refractivity contribution in [2.45, 2.75) is 131 Å². The van der Waals surface area contributed by atoms with E-state index in [1.807, 2.05) is 37.4 Å². The maximum absolute atomic E-state index is 4.82. The number of aromatic amines is 2. The van der Waals surface area contributed by atoms with Crippen LogP contribution in [0.4, 0.5) is 0 Å². The minimum atomic E-state index is -1.11. The van der Waals surface area contributed by atoms with Crippen LogP contribution in [0.1, 0.15) is 41.5 Å². The van der Waals surface area contributed by atoms with E-state index >= 15 is 0 Å². The zero-order valence-corrected chi connectivity index (χ0v) is 34.2. The van der Waals surface area contributed by atoms with Crippen LogP contribution in [0.5, 0.6) is 0 Å². The molecule has 0 amide bonds. The van der Waals surface area contributed by atoms with Crippen LogP contribution < -0.4 is 9.97 Å². The van der Waals surface area contributed by atoms with E-state index in [2.05, 4.69) is 139 Å². The van der Waals surface area contributed by atoms with Crippen molar-refractivity contribution in [3.05, 3.63) is 46.7 Å². The van der Waals surface area contributed by atoms with Crippen LogP contribution in [-0.2, 0) is 11.1 Å². The fourth-order valence-corrected chi connectivity index (χ4v) is 19.5. The van der Waals surface area contributed by atoms with E-state index in [0.29, 0.717) is 0 Å². The molecule has 0 aromatic carbocycles. The Morgan fingerprint density at radius 3 is 0.757 bits per heavy atom. The molecule has 2 aromatic heterocycles. The third kappa shape index (κ3) is 29.3. The van der Waals surface area contributed by atoms with Gasteiger partial charge in [-0.3, -0.25) is 9.97 Å². The van der Waals surface area contributed by atoms with E-state index < -0.39 is 32.9 Å². The molecule has 0 bridgehead atoms. The van der Waals surface area contributed by atoms with Gasteiger partial charge in [0.1, 0.15) is 35.9 Å². The van der Waals surface area contributed by atoms with Crippen molar-refractivity contribution in [2.24, 2.45) is 0 Å². The van der Waals surface area contributed by atoms with E-state index in [9.17, 15) is 0 Å². The molecule has 37 heavy (non-hydrogen) atoms. The average Bonchev–Trinajstić information content (AvgIpc) is 3.23. The maximum atomic E-state index is 4.82. The summed E-state index contributed by atoms with van der Waals surface area (Å²) >= 11 is 0. The van der Waals surface area contributed by atoms with Gasteiger partial charge >= 0.3 is 37.7 Å². The molecule has 0 saturated carbocycles. The van der Waals surface area contributed by atoms with E-state index in [1.54, 1.807) is 0 Å². The Morgan fingerprint density at radius 2 is 0.703 bits per heavy atom. The molecular formula is C26H62CaN6Si4+2. The number of imidazole rings is 2. The SMILES string of the molecule is CC(C)(C)n1cc[nH+]c1.CC(C)(C)n1cc[nH+]c1.C[Si](C)(C)[N-][Si](C)(C)C.C[Si](C)(C)[N-][Si](C)(C)C.[Ca+2]. The molecule has 2 heterocycles. The average molecular weight is 611 g/mol. The van der Waals surface area contributed by atoms with Crippen molar-refractivity contribution in [3.8, 4) is 0 Å². The van der Waals surface area contributed by atoms with Crippen LogP contribution in [0.25, 0.3) is 9.30 Å². The smallest absolute Gasteiger partial charge is 0.668 e. The van der Waals surface area contributed by atoms with Gasteiger partial charge in [0.15, 0.2) is 0 Å². The van der Waals surface area contributed by atoms with Gasteiger partial charge in [0.25, 0.3) is 0 Å². The van der Waals surface area contributed by atoms with Crippen molar-refractivity contribution >= 4 is 70.7 Å². The summed E-state index contributed by atoms with van der Waals surface area (Å²) in [7, 11) is -4.42. The summed E-state index contributed by atoms with van der Waals surface area (Å²) in [6.07, 6.45) is 11.8.